The van der Waals surface area contributed by atoms with Crippen LogP contribution in [0, 0.1) is 0 Å². The molecule has 0 spiro atoms. The number of nitrogens with zero attached hydrogens (tertiary/aromatic N) is 4. The van der Waals surface area contributed by atoms with Crippen LogP contribution >= 0.6 is 23.5 Å². The van der Waals surface area contributed by atoms with E-state index in [0.29, 0.717) is 4.58 Å². The Hall–Kier alpha value is -2.45. The second kappa shape index (κ2) is 10.2. The summed E-state index contributed by atoms with van der Waals surface area (Å²) in [6, 6.07) is 16.0. The van der Waals surface area contributed by atoms with Crippen LogP contribution in [0.1, 0.15) is 35.1 Å². The quantitative estimate of drug-likeness (QED) is 0.514. The third-order valence-electron chi connectivity index (χ3n) is 5.37. The molecule has 1 saturated heterocycles. The minimum Gasteiger partial charge on any atom is -0.484 e. The Morgan fingerprint density at radius 2 is 1.87 bits per heavy atom. The number of ether oxygens (including phenoxy) is 1. The number of hydrogen-bond donors (Lipinski definition) is 0. The number of thioether (sulfide) groups is 2. The van der Waals surface area contributed by atoms with E-state index in [4.69, 9.17) is 4.74 Å². The van der Waals surface area contributed by atoms with Gasteiger partial charge in [-0.15, -0.1) is 23.5 Å². The van der Waals surface area contributed by atoms with Gasteiger partial charge in [-0.25, -0.2) is 9.67 Å². The van der Waals surface area contributed by atoms with Gasteiger partial charge in [0.2, 0.25) is 0 Å². The van der Waals surface area contributed by atoms with Gasteiger partial charge in [-0.05, 0) is 60.2 Å². The van der Waals surface area contributed by atoms with E-state index >= 15 is 0 Å². The van der Waals surface area contributed by atoms with E-state index in [1.54, 1.807) is 15.9 Å². The summed E-state index contributed by atoms with van der Waals surface area (Å²) in [6.45, 7) is 2.03. The van der Waals surface area contributed by atoms with Crippen LogP contribution in [-0.4, -0.2) is 50.7 Å². The van der Waals surface area contributed by atoms with Gasteiger partial charge in [-0.1, -0.05) is 24.3 Å². The third-order valence-corrected chi connectivity index (χ3v) is 8.39. The minimum absolute atomic E-state index is 0.0180. The van der Waals surface area contributed by atoms with Crippen LogP contribution in [-0.2, 0) is 4.79 Å². The molecule has 1 unspecified atom stereocenters. The van der Waals surface area contributed by atoms with Gasteiger partial charge in [0.25, 0.3) is 5.91 Å². The Labute approximate surface area is 191 Å². The number of amides is 1. The maximum atomic E-state index is 12.7. The summed E-state index contributed by atoms with van der Waals surface area (Å²) in [4.78, 5) is 18.4. The van der Waals surface area contributed by atoms with E-state index in [0.717, 1.165) is 17.0 Å². The Morgan fingerprint density at radius 1 is 1.16 bits per heavy atom. The van der Waals surface area contributed by atoms with Gasteiger partial charge in [0, 0.05) is 7.05 Å². The van der Waals surface area contributed by atoms with E-state index in [1.807, 2.05) is 73.9 Å². The second-order valence-electron chi connectivity index (χ2n) is 7.40. The number of rotatable bonds is 7. The first-order valence-electron chi connectivity index (χ1n) is 10.3. The van der Waals surface area contributed by atoms with E-state index in [-0.39, 0.29) is 18.6 Å². The summed E-state index contributed by atoms with van der Waals surface area (Å²) in [5, 5.41) is 4.13. The molecule has 1 aromatic heterocycles. The van der Waals surface area contributed by atoms with Gasteiger partial charge >= 0.3 is 0 Å². The molecule has 2 aromatic carbocycles. The highest BCUT2D eigenvalue weighted by atomic mass is 32.2. The highest BCUT2D eigenvalue weighted by molar-refractivity contribution is 8.16. The Morgan fingerprint density at radius 3 is 2.52 bits per heavy atom. The van der Waals surface area contributed by atoms with E-state index in [1.165, 1.54) is 29.8 Å². The molecular weight excluding hydrogens is 428 g/mol. The molecule has 0 N–H and O–H groups in total. The molecule has 1 amide bonds. The first kappa shape index (κ1) is 21.8. The number of likely N-dealkylation sites (N-methyl/N-ethyl adjacent to an activating group) is 1. The van der Waals surface area contributed by atoms with Crippen molar-refractivity contribution in [2.75, 3.05) is 25.2 Å². The first-order valence-corrected chi connectivity index (χ1v) is 12.4. The molecule has 6 nitrogen and oxygen atoms in total. The van der Waals surface area contributed by atoms with Crippen molar-refractivity contribution in [1.82, 2.24) is 19.7 Å². The average molecular weight is 455 g/mol. The molecule has 8 heteroatoms. The molecule has 2 heterocycles. The zero-order valence-electron chi connectivity index (χ0n) is 17.7. The molecular formula is C23H26N4O2S2. The van der Waals surface area contributed by atoms with Crippen molar-refractivity contribution in [3.8, 4) is 11.4 Å². The average Bonchev–Trinajstić information content (AvgIpc) is 3.38. The molecule has 0 saturated carbocycles. The van der Waals surface area contributed by atoms with Crippen molar-refractivity contribution in [1.29, 1.82) is 0 Å². The van der Waals surface area contributed by atoms with Crippen LogP contribution in [0.25, 0.3) is 5.69 Å². The zero-order valence-corrected chi connectivity index (χ0v) is 19.3. The summed E-state index contributed by atoms with van der Waals surface area (Å²) in [6.07, 6.45) is 4.45. The smallest absolute Gasteiger partial charge is 0.260 e. The summed E-state index contributed by atoms with van der Waals surface area (Å²) in [7, 11) is 1.81. The monoisotopic (exact) mass is 454 g/mol. The lowest BCUT2D eigenvalue weighted by Gasteiger charge is -2.25. The molecule has 0 radical (unpaired) electrons. The zero-order chi connectivity index (χ0) is 21.6. The Balaban J connectivity index is 1.30. The van der Waals surface area contributed by atoms with Gasteiger partial charge in [-0.2, -0.15) is 5.10 Å². The van der Waals surface area contributed by atoms with Crippen LogP contribution in [0.5, 0.6) is 5.75 Å². The van der Waals surface area contributed by atoms with E-state index in [9.17, 15) is 4.79 Å². The lowest BCUT2D eigenvalue weighted by Crippen LogP contribution is -2.33. The predicted molar refractivity (Wildman–Crippen MR) is 127 cm³/mol. The lowest BCUT2D eigenvalue weighted by atomic mass is 10.1. The molecule has 0 bridgehead atoms. The maximum absolute atomic E-state index is 12.7. The summed E-state index contributed by atoms with van der Waals surface area (Å²) < 4.78 is 7.97. The fraction of sp³-hybridized carbons (Fsp3) is 0.348. The van der Waals surface area contributed by atoms with Crippen LogP contribution in [0.2, 0.25) is 0 Å². The van der Waals surface area contributed by atoms with Gasteiger partial charge in [0.1, 0.15) is 18.4 Å². The largest absolute Gasteiger partial charge is 0.484 e. The standard InChI is InChI=1S/C23H26N4O2S2/c1-17(18-4-8-20(9-5-18)27-16-24-15-25-27)26(2)22(28)14-29-21-10-6-19(7-11-21)23-30-12-3-13-31-23/h4-11,15-17,23H,3,12-14H2,1-2H3. The number of carbonyl (C=O) groups excluding carboxylic acids is 1. The lowest BCUT2D eigenvalue weighted by molar-refractivity contribution is -0.134. The van der Waals surface area contributed by atoms with Crippen molar-refractivity contribution in [3.63, 3.8) is 0 Å². The van der Waals surface area contributed by atoms with E-state index < -0.39 is 0 Å². The fourth-order valence-corrected chi connectivity index (χ4v) is 6.23. The van der Waals surface area contributed by atoms with Crippen LogP contribution in [0.4, 0.5) is 0 Å². The fourth-order valence-electron chi connectivity index (χ4n) is 3.34. The van der Waals surface area contributed by atoms with Crippen molar-refractivity contribution in [3.05, 3.63) is 72.3 Å². The van der Waals surface area contributed by atoms with Gasteiger partial charge < -0.3 is 9.64 Å². The molecule has 1 atom stereocenters. The Kier molecular flexibility index (Phi) is 7.19. The molecule has 162 valence electrons. The SMILES string of the molecule is CC(c1ccc(-n2cncn2)cc1)N(C)C(=O)COc1ccc(C2SCCCS2)cc1. The first-order chi connectivity index (χ1) is 15.1. The minimum atomic E-state index is -0.0661. The Bertz CT molecular complexity index is 972. The van der Waals surface area contributed by atoms with Gasteiger partial charge in [-0.3, -0.25) is 4.79 Å². The van der Waals surface area contributed by atoms with Crippen LogP contribution in [0.3, 0.4) is 0 Å². The summed E-state index contributed by atoms with van der Waals surface area (Å²) >= 11 is 4.00. The molecule has 3 aromatic rings. The highest BCUT2D eigenvalue weighted by Crippen LogP contribution is 2.43. The molecule has 1 aliphatic rings. The van der Waals surface area contributed by atoms with Gasteiger partial charge in [0.05, 0.1) is 16.3 Å². The molecule has 0 aliphatic carbocycles. The van der Waals surface area contributed by atoms with Crippen molar-refractivity contribution in [2.45, 2.75) is 24.0 Å². The van der Waals surface area contributed by atoms with Crippen LogP contribution in [0.15, 0.2) is 61.2 Å². The molecule has 1 aliphatic heterocycles. The van der Waals surface area contributed by atoms with Crippen molar-refractivity contribution in [2.24, 2.45) is 0 Å². The third kappa shape index (κ3) is 5.43. The topological polar surface area (TPSA) is 60.2 Å². The number of aromatic nitrogens is 3. The van der Waals surface area contributed by atoms with Crippen LogP contribution < -0.4 is 4.74 Å². The maximum Gasteiger partial charge on any atom is 0.260 e. The number of carbonyl (C=O) groups is 1. The predicted octanol–water partition coefficient (Wildman–Crippen LogP) is 4.73. The number of hydrogen-bond acceptors (Lipinski definition) is 6. The molecule has 31 heavy (non-hydrogen) atoms. The molecule has 1 fully saturated rings. The molecule has 4 rings (SSSR count). The second-order valence-corrected chi connectivity index (χ2v) is 10.1. The number of benzene rings is 2. The highest BCUT2D eigenvalue weighted by Gasteiger charge is 2.19. The summed E-state index contributed by atoms with van der Waals surface area (Å²) in [5.74, 6) is 3.10. The normalized spacial score (nSPS) is 15.4. The van der Waals surface area contributed by atoms with Gasteiger partial charge in [0.15, 0.2) is 6.61 Å². The van der Waals surface area contributed by atoms with Crippen molar-refractivity contribution >= 4 is 29.4 Å². The van der Waals surface area contributed by atoms with Crippen molar-refractivity contribution < 1.29 is 9.53 Å². The van der Waals surface area contributed by atoms with E-state index in [2.05, 4.69) is 22.2 Å². The summed E-state index contributed by atoms with van der Waals surface area (Å²) in [5.41, 5.74) is 3.29.